The molecule has 3 nitrogen and oxygen atoms in total. The topological polar surface area (TPSA) is 39.2 Å². The Bertz CT molecular complexity index is 352. The first kappa shape index (κ1) is 10.1. The van der Waals surface area contributed by atoms with Crippen molar-refractivity contribution in [1.29, 1.82) is 0 Å². The van der Waals surface area contributed by atoms with Crippen LogP contribution in [-0.4, -0.2) is 17.6 Å². The molecular formula is C9H10BrNO2S. The van der Waals surface area contributed by atoms with Crippen LogP contribution in [0.25, 0.3) is 0 Å². The summed E-state index contributed by atoms with van der Waals surface area (Å²) in [5.41, 5.74) is 0. The van der Waals surface area contributed by atoms with E-state index in [0.29, 0.717) is 12.5 Å². The summed E-state index contributed by atoms with van der Waals surface area (Å²) in [5, 5.41) is 0. The lowest BCUT2D eigenvalue weighted by Crippen LogP contribution is -2.06. The van der Waals surface area contributed by atoms with Crippen molar-refractivity contribution in [2.24, 2.45) is 5.92 Å². The molecule has 1 aromatic rings. The molecule has 2 atom stereocenters. The highest BCUT2D eigenvalue weighted by molar-refractivity contribution is 9.11. The summed E-state index contributed by atoms with van der Waals surface area (Å²) in [7, 11) is 0. The van der Waals surface area contributed by atoms with E-state index in [2.05, 4.69) is 20.9 Å². The number of hydrogen-bond donors (Lipinski definition) is 0. The highest BCUT2D eigenvalue weighted by Crippen LogP contribution is 2.50. The maximum absolute atomic E-state index is 11.3. The number of thiazole rings is 1. The fourth-order valence-electron chi connectivity index (χ4n) is 1.45. The van der Waals surface area contributed by atoms with Crippen LogP contribution < -0.4 is 0 Å². The molecule has 1 saturated carbocycles. The Morgan fingerprint density at radius 3 is 3.21 bits per heavy atom. The van der Waals surface area contributed by atoms with Crippen molar-refractivity contribution in [3.8, 4) is 0 Å². The van der Waals surface area contributed by atoms with Gasteiger partial charge >= 0.3 is 5.97 Å². The van der Waals surface area contributed by atoms with Gasteiger partial charge in [-0.2, -0.15) is 0 Å². The third-order valence-corrected chi connectivity index (χ3v) is 3.85. The quantitative estimate of drug-likeness (QED) is 0.796. The fourth-order valence-corrected chi connectivity index (χ4v) is 2.94. The zero-order valence-corrected chi connectivity index (χ0v) is 10.1. The predicted molar refractivity (Wildman–Crippen MR) is 57.3 cm³/mol. The molecule has 1 fully saturated rings. The Labute approximate surface area is 94.6 Å². The molecule has 1 aliphatic rings. The minimum atomic E-state index is -0.0676. The van der Waals surface area contributed by atoms with Crippen LogP contribution in [0.3, 0.4) is 0 Å². The van der Waals surface area contributed by atoms with Gasteiger partial charge in [0.2, 0.25) is 0 Å². The average molecular weight is 276 g/mol. The zero-order chi connectivity index (χ0) is 10.1. The summed E-state index contributed by atoms with van der Waals surface area (Å²) < 4.78 is 5.83. The van der Waals surface area contributed by atoms with Crippen LogP contribution in [0.5, 0.6) is 0 Å². The molecule has 14 heavy (non-hydrogen) atoms. The van der Waals surface area contributed by atoms with Gasteiger partial charge in [0.05, 0.1) is 12.5 Å². The van der Waals surface area contributed by atoms with E-state index in [9.17, 15) is 4.79 Å². The van der Waals surface area contributed by atoms with Gasteiger partial charge in [0.25, 0.3) is 0 Å². The van der Waals surface area contributed by atoms with Crippen molar-refractivity contribution in [2.45, 2.75) is 19.3 Å². The maximum atomic E-state index is 11.3. The summed E-state index contributed by atoms with van der Waals surface area (Å²) in [5.74, 6) is 0.349. The van der Waals surface area contributed by atoms with E-state index in [1.54, 1.807) is 11.3 Å². The largest absolute Gasteiger partial charge is 0.466 e. The second-order valence-corrected chi connectivity index (χ2v) is 5.55. The number of carbonyl (C=O) groups excluding carboxylic acids is 1. The van der Waals surface area contributed by atoms with Gasteiger partial charge in [0.1, 0.15) is 0 Å². The monoisotopic (exact) mass is 275 g/mol. The SMILES string of the molecule is CCOC(=O)[C@@H]1C[C@H]1c1cnc(Br)s1. The normalized spacial score (nSPS) is 24.7. The number of aromatic nitrogens is 1. The lowest BCUT2D eigenvalue weighted by molar-refractivity contribution is -0.144. The van der Waals surface area contributed by atoms with E-state index in [1.165, 1.54) is 4.88 Å². The molecule has 0 aliphatic heterocycles. The molecule has 2 rings (SSSR count). The number of halogens is 1. The number of nitrogens with zero attached hydrogens (tertiary/aromatic N) is 1. The van der Waals surface area contributed by atoms with Crippen LogP contribution in [0.4, 0.5) is 0 Å². The van der Waals surface area contributed by atoms with Gasteiger partial charge in [-0.15, -0.1) is 11.3 Å². The number of esters is 1. The molecule has 0 amide bonds. The van der Waals surface area contributed by atoms with Crippen LogP contribution in [0.15, 0.2) is 10.1 Å². The highest BCUT2D eigenvalue weighted by Gasteiger charge is 2.46. The van der Waals surface area contributed by atoms with Crippen LogP contribution >= 0.6 is 27.3 Å². The Hall–Kier alpha value is -0.420. The molecule has 76 valence electrons. The van der Waals surface area contributed by atoms with E-state index in [-0.39, 0.29) is 11.9 Å². The molecule has 1 aromatic heterocycles. The first-order valence-electron chi connectivity index (χ1n) is 4.50. The molecule has 0 aromatic carbocycles. The highest BCUT2D eigenvalue weighted by atomic mass is 79.9. The molecule has 0 unspecified atom stereocenters. The van der Waals surface area contributed by atoms with Crippen LogP contribution in [0, 0.1) is 5.92 Å². The third kappa shape index (κ3) is 1.98. The van der Waals surface area contributed by atoms with Gasteiger partial charge in [-0.1, -0.05) is 0 Å². The summed E-state index contributed by atoms with van der Waals surface area (Å²) in [6.45, 7) is 2.30. The molecule has 0 N–H and O–H groups in total. The molecule has 0 bridgehead atoms. The van der Waals surface area contributed by atoms with Crippen molar-refractivity contribution in [2.75, 3.05) is 6.61 Å². The smallest absolute Gasteiger partial charge is 0.309 e. The van der Waals surface area contributed by atoms with Crippen LogP contribution in [-0.2, 0) is 9.53 Å². The minimum absolute atomic E-state index is 0.0676. The van der Waals surface area contributed by atoms with E-state index >= 15 is 0 Å². The van der Waals surface area contributed by atoms with Crippen molar-refractivity contribution in [1.82, 2.24) is 4.98 Å². The average Bonchev–Trinajstić information content (AvgIpc) is 2.84. The van der Waals surface area contributed by atoms with Gasteiger partial charge in [-0.05, 0) is 29.3 Å². The van der Waals surface area contributed by atoms with E-state index in [0.717, 1.165) is 10.3 Å². The fraction of sp³-hybridized carbons (Fsp3) is 0.556. The van der Waals surface area contributed by atoms with Gasteiger partial charge in [-0.25, -0.2) is 4.98 Å². The third-order valence-electron chi connectivity index (χ3n) is 2.24. The molecule has 1 aliphatic carbocycles. The zero-order valence-electron chi connectivity index (χ0n) is 7.70. The molecular weight excluding hydrogens is 266 g/mol. The van der Waals surface area contributed by atoms with Gasteiger partial charge in [0.15, 0.2) is 3.92 Å². The molecule has 0 spiro atoms. The Kier molecular flexibility index (Phi) is 2.88. The van der Waals surface area contributed by atoms with Gasteiger partial charge in [0, 0.05) is 17.0 Å². The number of hydrogen-bond acceptors (Lipinski definition) is 4. The van der Waals surface area contributed by atoms with E-state index in [4.69, 9.17) is 4.74 Å². The molecule has 1 heterocycles. The standard InChI is InChI=1S/C9H10BrNO2S/c1-2-13-8(12)6-3-5(6)7-4-11-9(10)14-7/h4-6H,2-3H2,1H3/t5-,6-/m1/s1. The Morgan fingerprint density at radius 1 is 1.86 bits per heavy atom. The van der Waals surface area contributed by atoms with Crippen molar-refractivity contribution in [3.63, 3.8) is 0 Å². The summed E-state index contributed by atoms with van der Waals surface area (Å²) in [6, 6.07) is 0. The van der Waals surface area contributed by atoms with Crippen molar-refractivity contribution < 1.29 is 9.53 Å². The number of carbonyl (C=O) groups is 1. The minimum Gasteiger partial charge on any atom is -0.466 e. The molecule has 0 radical (unpaired) electrons. The Morgan fingerprint density at radius 2 is 2.64 bits per heavy atom. The first-order chi connectivity index (χ1) is 6.72. The molecule has 5 heteroatoms. The predicted octanol–water partition coefficient (Wildman–Crippen LogP) is 2.57. The van der Waals surface area contributed by atoms with Crippen molar-refractivity contribution >= 4 is 33.2 Å². The summed E-state index contributed by atoms with van der Waals surface area (Å²) in [6.07, 6.45) is 2.74. The van der Waals surface area contributed by atoms with Gasteiger partial charge in [-0.3, -0.25) is 4.79 Å². The van der Waals surface area contributed by atoms with Crippen LogP contribution in [0.1, 0.15) is 24.1 Å². The van der Waals surface area contributed by atoms with E-state index < -0.39 is 0 Å². The summed E-state index contributed by atoms with van der Waals surface area (Å²) >= 11 is 4.90. The van der Waals surface area contributed by atoms with Crippen molar-refractivity contribution in [3.05, 3.63) is 15.0 Å². The summed E-state index contributed by atoms with van der Waals surface area (Å²) in [4.78, 5) is 16.6. The van der Waals surface area contributed by atoms with Gasteiger partial charge < -0.3 is 4.74 Å². The lowest BCUT2D eigenvalue weighted by Gasteiger charge is -1.98. The second-order valence-electron chi connectivity index (χ2n) is 3.22. The first-order valence-corrected chi connectivity index (χ1v) is 6.11. The lowest BCUT2D eigenvalue weighted by atomic mass is 10.3. The second kappa shape index (κ2) is 3.98. The maximum Gasteiger partial charge on any atom is 0.309 e. The number of ether oxygens (including phenoxy) is 1. The van der Waals surface area contributed by atoms with Crippen LogP contribution in [0.2, 0.25) is 0 Å². The Balaban J connectivity index is 1.96. The molecule has 0 saturated heterocycles. The number of rotatable bonds is 3. The van der Waals surface area contributed by atoms with E-state index in [1.807, 2.05) is 13.1 Å².